The van der Waals surface area contributed by atoms with Crippen LogP contribution in [0.4, 0.5) is 5.69 Å². The van der Waals surface area contributed by atoms with Gasteiger partial charge in [-0.25, -0.2) is 0 Å². The second-order valence-electron chi connectivity index (χ2n) is 4.33. The molecule has 2 heterocycles. The van der Waals surface area contributed by atoms with Gasteiger partial charge in [0.05, 0.1) is 18.0 Å². The van der Waals surface area contributed by atoms with Crippen molar-refractivity contribution in [3.8, 4) is 5.69 Å². The smallest absolute Gasteiger partial charge is 0.143 e. The molecular formula is C12H15N5O. The predicted octanol–water partition coefficient (Wildman–Crippen LogP) is 1.25. The fourth-order valence-electron chi connectivity index (χ4n) is 2.14. The molecule has 0 spiro atoms. The van der Waals surface area contributed by atoms with E-state index in [9.17, 15) is 0 Å². The van der Waals surface area contributed by atoms with Crippen molar-refractivity contribution in [2.75, 3.05) is 18.5 Å². The normalized spacial score (nSPS) is 19.7. The number of aromatic nitrogens is 4. The summed E-state index contributed by atoms with van der Waals surface area (Å²) >= 11 is 0. The number of nitrogens with one attached hydrogen (secondary N) is 1. The molecule has 0 radical (unpaired) electrons. The van der Waals surface area contributed by atoms with Crippen LogP contribution in [0.15, 0.2) is 30.6 Å². The van der Waals surface area contributed by atoms with Crippen molar-refractivity contribution in [1.29, 1.82) is 0 Å². The van der Waals surface area contributed by atoms with E-state index < -0.39 is 0 Å². The summed E-state index contributed by atoms with van der Waals surface area (Å²) in [5.74, 6) is 0. The summed E-state index contributed by atoms with van der Waals surface area (Å²) in [6.07, 6.45) is 3.83. The third kappa shape index (κ3) is 2.33. The van der Waals surface area contributed by atoms with Crippen molar-refractivity contribution in [1.82, 2.24) is 20.2 Å². The number of benzene rings is 1. The highest BCUT2D eigenvalue weighted by Crippen LogP contribution is 2.21. The molecule has 18 heavy (non-hydrogen) atoms. The zero-order valence-corrected chi connectivity index (χ0v) is 9.99. The summed E-state index contributed by atoms with van der Waals surface area (Å²) in [4.78, 5) is 0. The van der Waals surface area contributed by atoms with E-state index in [1.54, 1.807) is 11.0 Å². The van der Waals surface area contributed by atoms with Gasteiger partial charge in [-0.2, -0.15) is 4.68 Å². The third-order valence-corrected chi connectivity index (χ3v) is 3.02. The zero-order chi connectivity index (χ0) is 12.2. The Labute approximate surface area is 105 Å². The molecule has 0 bridgehead atoms. The molecule has 1 aliphatic rings. The Bertz CT molecular complexity index is 493. The van der Waals surface area contributed by atoms with E-state index in [0.717, 1.165) is 37.4 Å². The summed E-state index contributed by atoms with van der Waals surface area (Å²) in [6.45, 7) is 1.62. The second-order valence-corrected chi connectivity index (χ2v) is 4.33. The Hall–Kier alpha value is -1.95. The highest BCUT2D eigenvalue weighted by atomic mass is 16.5. The van der Waals surface area contributed by atoms with Gasteiger partial charge in [-0.05, 0) is 35.4 Å². The molecule has 1 aromatic heterocycles. The Morgan fingerprint density at radius 1 is 1.33 bits per heavy atom. The third-order valence-electron chi connectivity index (χ3n) is 3.02. The molecule has 6 nitrogen and oxygen atoms in total. The molecule has 2 aromatic rings. The standard InChI is InChI=1S/C12H15N5O/c1-2-6-12(17-9-13-15-16-17)11(5-1)14-10-4-3-7-18-8-10/h1-2,5-6,9-10,14H,3-4,7-8H2. The summed E-state index contributed by atoms with van der Waals surface area (Å²) in [6, 6.07) is 8.35. The van der Waals surface area contributed by atoms with E-state index >= 15 is 0 Å². The maximum absolute atomic E-state index is 5.48. The number of para-hydroxylation sites is 2. The molecule has 1 fully saturated rings. The number of ether oxygens (including phenoxy) is 1. The molecule has 3 rings (SSSR count). The molecule has 0 amide bonds. The summed E-state index contributed by atoms with van der Waals surface area (Å²) in [5.41, 5.74) is 1.98. The summed E-state index contributed by atoms with van der Waals surface area (Å²) in [7, 11) is 0. The SMILES string of the molecule is c1ccc(-n2cnnn2)c(NC2CCCOC2)c1. The summed E-state index contributed by atoms with van der Waals surface area (Å²) < 4.78 is 7.13. The first-order valence-electron chi connectivity index (χ1n) is 6.10. The minimum atomic E-state index is 0.358. The maximum Gasteiger partial charge on any atom is 0.143 e. The molecule has 6 heteroatoms. The van der Waals surface area contributed by atoms with Crippen molar-refractivity contribution in [3.05, 3.63) is 30.6 Å². The fourth-order valence-corrected chi connectivity index (χ4v) is 2.14. The van der Waals surface area contributed by atoms with Crippen LogP contribution in [0.5, 0.6) is 0 Å². The average molecular weight is 245 g/mol. The molecule has 1 unspecified atom stereocenters. The topological polar surface area (TPSA) is 64.9 Å². The van der Waals surface area contributed by atoms with Gasteiger partial charge in [-0.1, -0.05) is 12.1 Å². The van der Waals surface area contributed by atoms with E-state index in [1.807, 2.05) is 24.3 Å². The monoisotopic (exact) mass is 245 g/mol. The van der Waals surface area contributed by atoms with Crippen molar-refractivity contribution >= 4 is 5.69 Å². The van der Waals surface area contributed by atoms with E-state index in [2.05, 4.69) is 20.8 Å². The number of rotatable bonds is 3. The quantitative estimate of drug-likeness (QED) is 0.881. The van der Waals surface area contributed by atoms with Gasteiger partial charge in [0.25, 0.3) is 0 Å². The lowest BCUT2D eigenvalue weighted by Gasteiger charge is -2.25. The molecule has 1 atom stereocenters. The van der Waals surface area contributed by atoms with Crippen LogP contribution >= 0.6 is 0 Å². The number of anilines is 1. The lowest BCUT2D eigenvalue weighted by molar-refractivity contribution is 0.0876. The Morgan fingerprint density at radius 3 is 3.06 bits per heavy atom. The van der Waals surface area contributed by atoms with Crippen LogP contribution in [0.2, 0.25) is 0 Å². The molecule has 1 aliphatic heterocycles. The van der Waals surface area contributed by atoms with Crippen LogP contribution in [0, 0.1) is 0 Å². The highest BCUT2D eigenvalue weighted by Gasteiger charge is 2.15. The van der Waals surface area contributed by atoms with Gasteiger partial charge in [0.1, 0.15) is 6.33 Å². The second kappa shape index (κ2) is 5.14. The average Bonchev–Trinajstić information content (AvgIpc) is 2.94. The molecule has 1 aromatic carbocycles. The summed E-state index contributed by atoms with van der Waals surface area (Å²) in [5, 5.41) is 14.8. The van der Waals surface area contributed by atoms with Crippen LogP contribution in [-0.2, 0) is 4.74 Å². The van der Waals surface area contributed by atoms with Gasteiger partial charge in [0.15, 0.2) is 0 Å². The first kappa shape index (κ1) is 11.2. The van der Waals surface area contributed by atoms with Gasteiger partial charge < -0.3 is 10.1 Å². The lowest BCUT2D eigenvalue weighted by atomic mass is 10.1. The molecule has 1 N–H and O–H groups in total. The molecule has 0 saturated carbocycles. The van der Waals surface area contributed by atoms with Crippen molar-refractivity contribution in [2.24, 2.45) is 0 Å². The fraction of sp³-hybridized carbons (Fsp3) is 0.417. The van der Waals surface area contributed by atoms with E-state index in [1.165, 1.54) is 0 Å². The molecule has 94 valence electrons. The number of hydrogen-bond donors (Lipinski definition) is 1. The van der Waals surface area contributed by atoms with Crippen molar-refractivity contribution < 1.29 is 4.74 Å². The molecular weight excluding hydrogens is 230 g/mol. The van der Waals surface area contributed by atoms with E-state index in [-0.39, 0.29) is 0 Å². The molecule has 1 saturated heterocycles. The lowest BCUT2D eigenvalue weighted by Crippen LogP contribution is -2.30. The Kier molecular flexibility index (Phi) is 3.18. The number of tetrazole rings is 1. The maximum atomic E-state index is 5.48. The van der Waals surface area contributed by atoms with Crippen LogP contribution in [0.3, 0.4) is 0 Å². The number of hydrogen-bond acceptors (Lipinski definition) is 5. The zero-order valence-electron chi connectivity index (χ0n) is 9.99. The van der Waals surface area contributed by atoms with Crippen LogP contribution in [0.1, 0.15) is 12.8 Å². The first-order valence-corrected chi connectivity index (χ1v) is 6.10. The van der Waals surface area contributed by atoms with Gasteiger partial charge >= 0.3 is 0 Å². The minimum absolute atomic E-state index is 0.358. The van der Waals surface area contributed by atoms with Gasteiger partial charge in [-0.3, -0.25) is 0 Å². The van der Waals surface area contributed by atoms with Gasteiger partial charge in [-0.15, -0.1) is 5.10 Å². The van der Waals surface area contributed by atoms with Crippen LogP contribution in [-0.4, -0.2) is 39.5 Å². The van der Waals surface area contributed by atoms with Crippen molar-refractivity contribution in [3.63, 3.8) is 0 Å². The number of nitrogens with zero attached hydrogens (tertiary/aromatic N) is 4. The molecule has 0 aliphatic carbocycles. The first-order chi connectivity index (χ1) is 8.93. The van der Waals surface area contributed by atoms with Gasteiger partial charge in [0, 0.05) is 12.6 Å². The van der Waals surface area contributed by atoms with Crippen molar-refractivity contribution in [2.45, 2.75) is 18.9 Å². The minimum Gasteiger partial charge on any atom is -0.379 e. The van der Waals surface area contributed by atoms with Crippen LogP contribution < -0.4 is 5.32 Å². The van der Waals surface area contributed by atoms with E-state index in [4.69, 9.17) is 4.74 Å². The Morgan fingerprint density at radius 2 is 2.28 bits per heavy atom. The highest BCUT2D eigenvalue weighted by molar-refractivity contribution is 5.60. The predicted molar refractivity (Wildman–Crippen MR) is 66.6 cm³/mol. The van der Waals surface area contributed by atoms with E-state index in [0.29, 0.717) is 6.04 Å². The largest absolute Gasteiger partial charge is 0.379 e. The Balaban J connectivity index is 1.83. The van der Waals surface area contributed by atoms with Gasteiger partial charge in [0.2, 0.25) is 0 Å². The van der Waals surface area contributed by atoms with Crippen LogP contribution in [0.25, 0.3) is 5.69 Å².